The fraction of sp³-hybridized carbons (Fsp3) is 0.292. The van der Waals surface area contributed by atoms with Gasteiger partial charge in [-0.25, -0.2) is 9.48 Å². The Bertz CT molecular complexity index is 1250. The number of fused-ring (bicyclic) bond motifs is 1. The second kappa shape index (κ2) is 7.91. The molecular formula is C24H26N4O3. The molecule has 0 aliphatic rings. The molecule has 0 N–H and O–H groups in total. The van der Waals surface area contributed by atoms with Gasteiger partial charge in [-0.2, -0.15) is 10.2 Å². The van der Waals surface area contributed by atoms with Gasteiger partial charge in [-0.05, 0) is 29.7 Å². The summed E-state index contributed by atoms with van der Waals surface area (Å²) in [5, 5.41) is 9.93. The molecule has 160 valence electrons. The van der Waals surface area contributed by atoms with Crippen molar-refractivity contribution in [2.45, 2.75) is 20.8 Å². The zero-order valence-corrected chi connectivity index (χ0v) is 18.4. The number of hydrogen-bond acceptors (Lipinski definition) is 5. The van der Waals surface area contributed by atoms with Gasteiger partial charge in [-0.15, -0.1) is 0 Å². The van der Waals surface area contributed by atoms with Gasteiger partial charge < -0.3 is 9.47 Å². The molecule has 31 heavy (non-hydrogen) atoms. The molecular weight excluding hydrogens is 392 g/mol. The normalized spacial score (nSPS) is 11.6. The quantitative estimate of drug-likeness (QED) is 0.442. The number of hydrogen-bond donors (Lipinski definition) is 0. The molecule has 0 aliphatic heterocycles. The molecule has 0 saturated carbocycles. The van der Waals surface area contributed by atoms with Crippen LogP contribution in [0.5, 0.6) is 5.75 Å². The van der Waals surface area contributed by atoms with Crippen LogP contribution in [0.4, 0.5) is 0 Å². The number of rotatable bonds is 5. The number of ether oxygens (including phenoxy) is 2. The van der Waals surface area contributed by atoms with E-state index in [4.69, 9.17) is 9.47 Å². The van der Waals surface area contributed by atoms with Crippen LogP contribution in [0.25, 0.3) is 27.8 Å². The third-order valence-corrected chi connectivity index (χ3v) is 4.87. The van der Waals surface area contributed by atoms with Crippen LogP contribution in [-0.2, 0) is 11.8 Å². The van der Waals surface area contributed by atoms with Crippen LogP contribution < -0.4 is 4.74 Å². The summed E-state index contributed by atoms with van der Waals surface area (Å²) in [6, 6.07) is 15.5. The van der Waals surface area contributed by atoms with Crippen molar-refractivity contribution in [1.82, 2.24) is 19.6 Å². The van der Waals surface area contributed by atoms with Gasteiger partial charge in [-0.3, -0.25) is 4.68 Å². The summed E-state index contributed by atoms with van der Waals surface area (Å²) < 4.78 is 14.5. The zero-order valence-electron chi connectivity index (χ0n) is 18.4. The van der Waals surface area contributed by atoms with E-state index >= 15 is 0 Å². The third kappa shape index (κ3) is 4.17. The molecule has 0 spiro atoms. The number of aryl methyl sites for hydroxylation is 1. The number of esters is 1. The fourth-order valence-corrected chi connectivity index (χ4v) is 3.40. The summed E-state index contributed by atoms with van der Waals surface area (Å²) >= 11 is 0. The second-order valence-electron chi connectivity index (χ2n) is 8.68. The van der Waals surface area contributed by atoms with Crippen LogP contribution in [0, 0.1) is 5.41 Å². The molecule has 0 aliphatic carbocycles. The average molecular weight is 418 g/mol. The molecule has 7 heteroatoms. The number of nitrogens with zero attached hydrogens (tertiary/aromatic N) is 4. The van der Waals surface area contributed by atoms with Crippen LogP contribution in [0.1, 0.15) is 31.3 Å². The minimum Gasteiger partial charge on any atom is -0.493 e. The molecule has 2 heterocycles. The second-order valence-corrected chi connectivity index (χ2v) is 8.68. The molecule has 7 nitrogen and oxygen atoms in total. The molecule has 2 aromatic carbocycles. The van der Waals surface area contributed by atoms with E-state index in [2.05, 4.69) is 31.0 Å². The highest BCUT2D eigenvalue weighted by molar-refractivity contribution is 5.91. The lowest BCUT2D eigenvalue weighted by atomic mass is 9.99. The molecule has 0 atom stereocenters. The Labute approximate surface area is 181 Å². The monoisotopic (exact) mass is 418 g/mol. The van der Waals surface area contributed by atoms with Crippen LogP contribution in [0.15, 0.2) is 54.7 Å². The van der Waals surface area contributed by atoms with Crippen molar-refractivity contribution in [2.24, 2.45) is 12.5 Å². The molecule has 0 saturated heterocycles. The molecule has 4 aromatic rings. The molecule has 0 amide bonds. The molecule has 4 rings (SSSR count). The SMILES string of the molecule is COC(=O)c1cc(-c2cccc(OCC(C)(C)C)c2)n(-c2cccc3cnn(C)c23)n1. The molecule has 0 bridgehead atoms. The summed E-state index contributed by atoms with van der Waals surface area (Å²) in [5.41, 5.74) is 3.67. The van der Waals surface area contributed by atoms with E-state index in [1.807, 2.05) is 55.7 Å². The number of para-hydroxylation sites is 1. The lowest BCUT2D eigenvalue weighted by molar-refractivity contribution is 0.0593. The largest absolute Gasteiger partial charge is 0.493 e. The van der Waals surface area contributed by atoms with Gasteiger partial charge in [-0.1, -0.05) is 45.0 Å². The highest BCUT2D eigenvalue weighted by Crippen LogP contribution is 2.31. The smallest absolute Gasteiger partial charge is 0.358 e. The minimum absolute atomic E-state index is 0.0466. The Hall–Kier alpha value is -3.61. The van der Waals surface area contributed by atoms with Gasteiger partial charge in [0.15, 0.2) is 5.69 Å². The van der Waals surface area contributed by atoms with Gasteiger partial charge in [0.1, 0.15) is 5.75 Å². The number of aromatic nitrogens is 4. The lowest BCUT2D eigenvalue weighted by Gasteiger charge is -2.19. The standard InChI is InChI=1S/C24H26N4O3/c1-24(2,3)15-31-18-10-6-8-16(12-18)21-13-19(23(29)30-5)26-28(21)20-11-7-9-17-14-25-27(4)22(17)20/h6-14H,15H2,1-5H3. The van der Waals surface area contributed by atoms with Crippen molar-refractivity contribution in [1.29, 1.82) is 0 Å². The molecule has 0 radical (unpaired) electrons. The maximum atomic E-state index is 12.3. The van der Waals surface area contributed by atoms with Crippen molar-refractivity contribution in [2.75, 3.05) is 13.7 Å². The van der Waals surface area contributed by atoms with Gasteiger partial charge in [0.05, 0.1) is 36.8 Å². The highest BCUT2D eigenvalue weighted by Gasteiger charge is 2.20. The van der Waals surface area contributed by atoms with E-state index in [9.17, 15) is 4.79 Å². The predicted molar refractivity (Wildman–Crippen MR) is 120 cm³/mol. The summed E-state index contributed by atoms with van der Waals surface area (Å²) in [4.78, 5) is 12.3. The maximum absolute atomic E-state index is 12.3. The van der Waals surface area contributed by atoms with Crippen LogP contribution in [0.3, 0.4) is 0 Å². The molecule has 2 aromatic heterocycles. The van der Waals surface area contributed by atoms with Crippen molar-refractivity contribution in [3.63, 3.8) is 0 Å². The van der Waals surface area contributed by atoms with E-state index in [0.717, 1.165) is 33.6 Å². The Kier molecular flexibility index (Phi) is 5.27. The van der Waals surface area contributed by atoms with E-state index in [1.165, 1.54) is 7.11 Å². The van der Waals surface area contributed by atoms with Gasteiger partial charge in [0.25, 0.3) is 0 Å². The number of carbonyl (C=O) groups excluding carboxylic acids is 1. The first-order chi connectivity index (χ1) is 14.8. The Morgan fingerprint density at radius 3 is 2.61 bits per heavy atom. The van der Waals surface area contributed by atoms with Crippen LogP contribution in [0.2, 0.25) is 0 Å². The number of methoxy groups -OCH3 is 1. The third-order valence-electron chi connectivity index (χ3n) is 4.87. The van der Waals surface area contributed by atoms with Gasteiger partial charge >= 0.3 is 5.97 Å². The van der Waals surface area contributed by atoms with E-state index in [0.29, 0.717) is 6.61 Å². The van der Waals surface area contributed by atoms with Crippen molar-refractivity contribution >= 4 is 16.9 Å². The molecule has 0 fully saturated rings. The minimum atomic E-state index is -0.489. The Morgan fingerprint density at radius 2 is 1.87 bits per heavy atom. The van der Waals surface area contributed by atoms with Gasteiger partial charge in [0.2, 0.25) is 0 Å². The summed E-state index contributed by atoms with van der Waals surface area (Å²) in [6.45, 7) is 6.98. The highest BCUT2D eigenvalue weighted by atomic mass is 16.5. The molecule has 0 unspecified atom stereocenters. The number of carbonyl (C=O) groups is 1. The van der Waals surface area contributed by atoms with Crippen molar-refractivity contribution in [3.05, 3.63) is 60.4 Å². The van der Waals surface area contributed by atoms with Crippen LogP contribution in [-0.4, -0.2) is 39.2 Å². The van der Waals surface area contributed by atoms with E-state index in [-0.39, 0.29) is 11.1 Å². The maximum Gasteiger partial charge on any atom is 0.358 e. The summed E-state index contributed by atoms with van der Waals surface area (Å²) in [7, 11) is 3.24. The zero-order chi connectivity index (χ0) is 22.2. The predicted octanol–water partition coefficient (Wildman–Crippen LogP) is 4.64. The summed E-state index contributed by atoms with van der Waals surface area (Å²) in [5.74, 6) is 0.274. The first-order valence-corrected chi connectivity index (χ1v) is 10.1. The first-order valence-electron chi connectivity index (χ1n) is 10.1. The fourth-order valence-electron chi connectivity index (χ4n) is 3.40. The Morgan fingerprint density at radius 1 is 1.10 bits per heavy atom. The van der Waals surface area contributed by atoms with Crippen molar-refractivity contribution in [3.8, 4) is 22.7 Å². The van der Waals surface area contributed by atoms with E-state index < -0.39 is 5.97 Å². The lowest BCUT2D eigenvalue weighted by Crippen LogP contribution is -2.16. The summed E-state index contributed by atoms with van der Waals surface area (Å²) in [6.07, 6.45) is 1.81. The first kappa shape index (κ1) is 20.7. The van der Waals surface area contributed by atoms with Crippen LogP contribution >= 0.6 is 0 Å². The number of benzene rings is 2. The van der Waals surface area contributed by atoms with Gasteiger partial charge in [0, 0.05) is 18.0 Å². The topological polar surface area (TPSA) is 71.2 Å². The van der Waals surface area contributed by atoms with Crippen molar-refractivity contribution < 1.29 is 14.3 Å². The Balaban J connectivity index is 1.86. The van der Waals surface area contributed by atoms with E-state index in [1.54, 1.807) is 15.4 Å². The average Bonchev–Trinajstić information content (AvgIpc) is 3.36.